The highest BCUT2D eigenvalue weighted by Crippen LogP contribution is 2.47. The summed E-state index contributed by atoms with van der Waals surface area (Å²) >= 11 is 0. The fourth-order valence-corrected chi connectivity index (χ4v) is 2.44. The van der Waals surface area contributed by atoms with E-state index in [1.165, 1.54) is 0 Å². The number of hydrogen-bond donors (Lipinski definition) is 1. The Balaban J connectivity index is 2.29. The van der Waals surface area contributed by atoms with Gasteiger partial charge < -0.3 is 9.84 Å². The average Bonchev–Trinajstić information content (AvgIpc) is 2.96. The third-order valence-electron chi connectivity index (χ3n) is 4.13. The second-order valence-corrected chi connectivity index (χ2v) is 6.24. The van der Waals surface area contributed by atoms with Crippen LogP contribution in [0.4, 0.5) is 0 Å². The van der Waals surface area contributed by atoms with Crippen molar-refractivity contribution >= 4 is 5.78 Å². The van der Waals surface area contributed by atoms with Gasteiger partial charge in [-0.15, -0.1) is 0 Å². The van der Waals surface area contributed by atoms with E-state index in [0.717, 1.165) is 18.4 Å². The van der Waals surface area contributed by atoms with Gasteiger partial charge in [0.25, 0.3) is 0 Å². The molecule has 0 spiro atoms. The van der Waals surface area contributed by atoms with Gasteiger partial charge in [0.05, 0.1) is 11.7 Å². The Morgan fingerprint density at radius 3 is 2.72 bits per heavy atom. The summed E-state index contributed by atoms with van der Waals surface area (Å²) in [6, 6.07) is 0. The minimum Gasteiger partial charge on any atom is -0.389 e. The van der Waals surface area contributed by atoms with E-state index in [0.29, 0.717) is 0 Å². The zero-order valence-corrected chi connectivity index (χ0v) is 11.6. The number of carbonyl (C=O) groups is 1. The first-order chi connectivity index (χ1) is 8.26. The zero-order chi connectivity index (χ0) is 13.6. The number of hydrogen-bond acceptors (Lipinski definition) is 3. The van der Waals surface area contributed by atoms with Crippen LogP contribution in [-0.2, 0) is 9.53 Å². The SMILES string of the molecule is C/C1=C/CC[C@@]2(C)O[C@@H]2[C@@H](O)C(C)(C)/C=C\C1=O. The number of fused-ring (bicyclic) bond motifs is 1. The lowest BCUT2D eigenvalue weighted by Gasteiger charge is -2.26. The maximum atomic E-state index is 11.8. The van der Waals surface area contributed by atoms with E-state index in [4.69, 9.17) is 4.74 Å². The highest BCUT2D eigenvalue weighted by atomic mass is 16.6. The van der Waals surface area contributed by atoms with Crippen LogP contribution >= 0.6 is 0 Å². The van der Waals surface area contributed by atoms with Crippen molar-refractivity contribution in [1.29, 1.82) is 0 Å². The fourth-order valence-electron chi connectivity index (χ4n) is 2.44. The summed E-state index contributed by atoms with van der Waals surface area (Å²) in [4.78, 5) is 11.8. The summed E-state index contributed by atoms with van der Waals surface area (Å²) in [6.07, 6.45) is 6.27. The van der Waals surface area contributed by atoms with Crippen LogP contribution in [0.2, 0.25) is 0 Å². The van der Waals surface area contributed by atoms with Crippen molar-refractivity contribution in [2.75, 3.05) is 0 Å². The van der Waals surface area contributed by atoms with Crippen molar-refractivity contribution in [2.45, 2.75) is 58.3 Å². The molecule has 18 heavy (non-hydrogen) atoms. The van der Waals surface area contributed by atoms with Crippen LogP contribution in [0.3, 0.4) is 0 Å². The predicted octanol–water partition coefficient (Wildman–Crippen LogP) is 2.40. The second-order valence-electron chi connectivity index (χ2n) is 6.24. The van der Waals surface area contributed by atoms with Gasteiger partial charge >= 0.3 is 0 Å². The summed E-state index contributed by atoms with van der Waals surface area (Å²) in [7, 11) is 0. The number of aliphatic hydroxyl groups excluding tert-OH is 1. The van der Waals surface area contributed by atoms with Crippen LogP contribution in [0.15, 0.2) is 23.8 Å². The molecule has 1 N–H and O–H groups in total. The van der Waals surface area contributed by atoms with Crippen molar-refractivity contribution < 1.29 is 14.6 Å². The Morgan fingerprint density at radius 2 is 2.06 bits per heavy atom. The first kappa shape index (κ1) is 13.5. The molecule has 3 heteroatoms. The van der Waals surface area contributed by atoms with E-state index in [2.05, 4.69) is 0 Å². The molecule has 3 nitrogen and oxygen atoms in total. The van der Waals surface area contributed by atoms with Crippen LogP contribution in [0.25, 0.3) is 0 Å². The van der Waals surface area contributed by atoms with Crippen molar-refractivity contribution in [3.05, 3.63) is 23.8 Å². The number of ketones is 1. The third kappa shape index (κ3) is 2.43. The summed E-state index contributed by atoms with van der Waals surface area (Å²) in [5.74, 6) is 0.0249. The molecule has 1 aliphatic carbocycles. The fraction of sp³-hybridized carbons (Fsp3) is 0.667. The molecule has 0 bridgehead atoms. The summed E-state index contributed by atoms with van der Waals surface area (Å²) in [6.45, 7) is 7.73. The normalized spacial score (nSPS) is 44.3. The lowest BCUT2D eigenvalue weighted by molar-refractivity contribution is -0.111. The number of allylic oxidation sites excluding steroid dienone is 3. The average molecular weight is 250 g/mol. The maximum Gasteiger partial charge on any atom is 0.180 e. The molecule has 2 aliphatic rings. The molecule has 1 heterocycles. The Labute approximate surface area is 109 Å². The van der Waals surface area contributed by atoms with E-state index in [9.17, 15) is 9.90 Å². The minimum absolute atomic E-state index is 0.0249. The Kier molecular flexibility index (Phi) is 3.24. The summed E-state index contributed by atoms with van der Waals surface area (Å²) < 4.78 is 5.69. The molecule has 3 atom stereocenters. The van der Waals surface area contributed by atoms with Crippen molar-refractivity contribution in [1.82, 2.24) is 0 Å². The lowest BCUT2D eigenvalue weighted by Crippen LogP contribution is -2.35. The molecule has 0 aromatic carbocycles. The highest BCUT2D eigenvalue weighted by Gasteiger charge is 2.58. The van der Waals surface area contributed by atoms with Crippen LogP contribution in [0.1, 0.15) is 40.5 Å². The van der Waals surface area contributed by atoms with E-state index >= 15 is 0 Å². The van der Waals surface area contributed by atoms with Gasteiger partial charge in [-0.1, -0.05) is 26.0 Å². The lowest BCUT2D eigenvalue weighted by atomic mass is 9.81. The molecule has 0 aromatic rings. The van der Waals surface area contributed by atoms with Gasteiger partial charge in [0, 0.05) is 5.41 Å². The van der Waals surface area contributed by atoms with Gasteiger partial charge in [0.1, 0.15) is 6.10 Å². The first-order valence-corrected chi connectivity index (χ1v) is 6.52. The molecule has 2 rings (SSSR count). The van der Waals surface area contributed by atoms with Crippen LogP contribution in [0, 0.1) is 5.41 Å². The van der Waals surface area contributed by atoms with Crippen molar-refractivity contribution in [3.8, 4) is 0 Å². The molecule has 0 saturated carbocycles. The maximum absolute atomic E-state index is 11.8. The van der Waals surface area contributed by atoms with Gasteiger partial charge in [-0.25, -0.2) is 0 Å². The molecular weight excluding hydrogens is 228 g/mol. The summed E-state index contributed by atoms with van der Waals surface area (Å²) in [5.41, 5.74) is 0.0662. The zero-order valence-electron chi connectivity index (χ0n) is 11.6. The predicted molar refractivity (Wildman–Crippen MR) is 70.2 cm³/mol. The van der Waals surface area contributed by atoms with Gasteiger partial charge in [-0.05, 0) is 38.3 Å². The van der Waals surface area contributed by atoms with Gasteiger partial charge in [0.15, 0.2) is 5.78 Å². The Hall–Kier alpha value is -0.930. The third-order valence-corrected chi connectivity index (χ3v) is 4.13. The summed E-state index contributed by atoms with van der Waals surface area (Å²) in [5, 5.41) is 10.4. The molecule has 1 aliphatic heterocycles. The van der Waals surface area contributed by atoms with E-state index in [1.54, 1.807) is 12.2 Å². The highest BCUT2D eigenvalue weighted by molar-refractivity contribution is 6.03. The Bertz CT molecular complexity index is 419. The minimum atomic E-state index is -0.579. The van der Waals surface area contributed by atoms with E-state index in [1.807, 2.05) is 33.8 Å². The molecule has 100 valence electrons. The van der Waals surface area contributed by atoms with Gasteiger partial charge in [-0.2, -0.15) is 0 Å². The topological polar surface area (TPSA) is 49.8 Å². The quantitative estimate of drug-likeness (QED) is 0.672. The molecule has 0 aromatic heterocycles. The molecule has 0 amide bonds. The number of aliphatic hydroxyl groups is 1. The molecule has 0 unspecified atom stereocenters. The van der Waals surface area contributed by atoms with Gasteiger partial charge in [-0.3, -0.25) is 4.79 Å². The van der Waals surface area contributed by atoms with Crippen LogP contribution in [0.5, 0.6) is 0 Å². The molecule has 0 radical (unpaired) electrons. The van der Waals surface area contributed by atoms with Crippen molar-refractivity contribution in [2.24, 2.45) is 5.41 Å². The van der Waals surface area contributed by atoms with Crippen LogP contribution in [-0.4, -0.2) is 28.7 Å². The molecule has 1 saturated heterocycles. The van der Waals surface area contributed by atoms with Crippen molar-refractivity contribution in [3.63, 3.8) is 0 Å². The Morgan fingerprint density at radius 1 is 1.39 bits per heavy atom. The standard InChI is InChI=1S/C15H22O3/c1-10-6-5-8-15(4)13(18-15)12(17)14(2,3)9-7-11(10)16/h6-7,9,12-13,17H,5,8H2,1-4H3/b9-7-,10-6-/t12-,13-,15-/m1/s1. The number of epoxide rings is 1. The van der Waals surface area contributed by atoms with Crippen LogP contribution < -0.4 is 0 Å². The number of carbonyl (C=O) groups excluding carboxylic acids is 1. The first-order valence-electron chi connectivity index (χ1n) is 6.52. The van der Waals surface area contributed by atoms with E-state index < -0.39 is 11.5 Å². The molecule has 1 fully saturated rings. The monoisotopic (exact) mass is 250 g/mol. The second kappa shape index (κ2) is 4.32. The van der Waals surface area contributed by atoms with E-state index in [-0.39, 0.29) is 17.5 Å². The smallest absolute Gasteiger partial charge is 0.180 e. The number of rotatable bonds is 0. The number of ether oxygens (including phenoxy) is 1. The largest absolute Gasteiger partial charge is 0.389 e. The van der Waals surface area contributed by atoms with Gasteiger partial charge in [0.2, 0.25) is 0 Å². The molecular formula is C15H22O3.